The summed E-state index contributed by atoms with van der Waals surface area (Å²) in [4.78, 5) is 1.63. The molecule has 0 radical (unpaired) electrons. The smallest absolute Gasteiger partial charge is 0.175 e. The first kappa shape index (κ1) is 18.0. The molecule has 0 spiro atoms. The van der Waals surface area contributed by atoms with Crippen LogP contribution in [0.25, 0.3) is 0 Å². The van der Waals surface area contributed by atoms with Crippen molar-refractivity contribution in [1.82, 2.24) is 5.32 Å². The molecule has 23 heavy (non-hydrogen) atoms. The van der Waals surface area contributed by atoms with Gasteiger partial charge in [-0.05, 0) is 36.8 Å². The molecule has 0 saturated heterocycles. The van der Waals surface area contributed by atoms with Crippen LogP contribution in [0.1, 0.15) is 25.5 Å². The molecule has 0 aliphatic rings. The highest BCUT2D eigenvalue weighted by Gasteiger charge is 2.11. The summed E-state index contributed by atoms with van der Waals surface area (Å²) < 4.78 is 23.0. The quantitative estimate of drug-likeness (QED) is 0.770. The molecular formula is C18H23NO2S2. The molecule has 2 atom stereocenters. The van der Waals surface area contributed by atoms with Gasteiger partial charge in [-0.2, -0.15) is 0 Å². The Balaban J connectivity index is 1.88. The van der Waals surface area contributed by atoms with Crippen LogP contribution < -0.4 is 5.32 Å². The van der Waals surface area contributed by atoms with E-state index in [4.69, 9.17) is 0 Å². The summed E-state index contributed by atoms with van der Waals surface area (Å²) in [6, 6.07) is 17.6. The van der Waals surface area contributed by atoms with E-state index in [0.29, 0.717) is 10.1 Å². The minimum Gasteiger partial charge on any atom is -0.309 e. The van der Waals surface area contributed by atoms with Crippen molar-refractivity contribution >= 4 is 21.6 Å². The highest BCUT2D eigenvalue weighted by atomic mass is 32.2. The van der Waals surface area contributed by atoms with Gasteiger partial charge in [-0.15, -0.1) is 11.8 Å². The maximum atomic E-state index is 11.5. The largest absolute Gasteiger partial charge is 0.309 e. The second-order valence-corrected chi connectivity index (χ2v) is 9.24. The molecule has 1 N–H and O–H groups in total. The Hall–Kier alpha value is -1.30. The molecule has 2 aromatic rings. The lowest BCUT2D eigenvalue weighted by atomic mass is 10.1. The molecule has 0 heterocycles. The lowest BCUT2D eigenvalue weighted by Crippen LogP contribution is -2.25. The summed E-state index contributed by atoms with van der Waals surface area (Å²) in [5.41, 5.74) is 1.09. The van der Waals surface area contributed by atoms with E-state index < -0.39 is 9.84 Å². The third kappa shape index (κ3) is 5.68. The number of hydrogen-bond donors (Lipinski definition) is 1. The van der Waals surface area contributed by atoms with E-state index in [1.165, 1.54) is 11.2 Å². The van der Waals surface area contributed by atoms with E-state index >= 15 is 0 Å². The zero-order valence-corrected chi connectivity index (χ0v) is 15.3. The fraction of sp³-hybridized carbons (Fsp3) is 0.333. The lowest BCUT2D eigenvalue weighted by Gasteiger charge is -2.18. The first-order chi connectivity index (χ1) is 10.9. The van der Waals surface area contributed by atoms with E-state index in [1.807, 2.05) is 30.0 Å². The summed E-state index contributed by atoms with van der Waals surface area (Å²) in [5, 5.41) is 3.96. The predicted octanol–water partition coefficient (Wildman–Crippen LogP) is 3.92. The van der Waals surface area contributed by atoms with Crippen molar-refractivity contribution in [2.24, 2.45) is 0 Å². The number of benzene rings is 2. The van der Waals surface area contributed by atoms with Crippen LogP contribution in [-0.4, -0.2) is 26.5 Å². The van der Waals surface area contributed by atoms with Crippen molar-refractivity contribution in [3.05, 3.63) is 60.2 Å². The number of nitrogens with one attached hydrogen (secondary N) is 1. The van der Waals surface area contributed by atoms with E-state index in [1.54, 1.807) is 12.1 Å². The first-order valence-corrected chi connectivity index (χ1v) is 10.4. The molecule has 2 rings (SSSR count). The van der Waals surface area contributed by atoms with Gasteiger partial charge in [-0.3, -0.25) is 0 Å². The number of thioether (sulfide) groups is 1. The summed E-state index contributed by atoms with van der Waals surface area (Å²) in [6.07, 6.45) is 1.23. The van der Waals surface area contributed by atoms with Crippen molar-refractivity contribution in [2.75, 3.05) is 12.8 Å². The van der Waals surface area contributed by atoms with Crippen LogP contribution >= 0.6 is 11.8 Å². The van der Waals surface area contributed by atoms with Gasteiger partial charge in [0.2, 0.25) is 0 Å². The molecule has 0 aromatic heterocycles. The van der Waals surface area contributed by atoms with Crippen LogP contribution in [0.2, 0.25) is 0 Å². The Kier molecular flexibility index (Phi) is 6.27. The molecule has 0 aliphatic carbocycles. The van der Waals surface area contributed by atoms with Gasteiger partial charge < -0.3 is 5.32 Å². The highest BCUT2D eigenvalue weighted by Crippen LogP contribution is 2.23. The first-order valence-electron chi connectivity index (χ1n) is 7.61. The van der Waals surface area contributed by atoms with E-state index in [9.17, 15) is 8.42 Å². The average molecular weight is 350 g/mol. The Morgan fingerprint density at radius 3 is 2.17 bits per heavy atom. The van der Waals surface area contributed by atoms with Gasteiger partial charge in [-0.1, -0.05) is 37.3 Å². The fourth-order valence-corrected chi connectivity index (χ4v) is 3.83. The summed E-state index contributed by atoms with van der Waals surface area (Å²) in [5.74, 6) is 0. The Morgan fingerprint density at radius 2 is 1.61 bits per heavy atom. The predicted molar refractivity (Wildman–Crippen MR) is 97.7 cm³/mol. The zero-order valence-electron chi connectivity index (χ0n) is 13.7. The number of hydrogen-bond acceptors (Lipinski definition) is 4. The monoisotopic (exact) mass is 349 g/mol. The average Bonchev–Trinajstić information content (AvgIpc) is 2.53. The van der Waals surface area contributed by atoms with E-state index in [0.717, 1.165) is 12.1 Å². The van der Waals surface area contributed by atoms with Gasteiger partial charge in [0.25, 0.3) is 0 Å². The van der Waals surface area contributed by atoms with Crippen LogP contribution in [0.3, 0.4) is 0 Å². The van der Waals surface area contributed by atoms with Gasteiger partial charge >= 0.3 is 0 Å². The summed E-state index contributed by atoms with van der Waals surface area (Å²) in [7, 11) is -3.13. The third-order valence-electron chi connectivity index (χ3n) is 3.60. The molecule has 0 amide bonds. The maximum Gasteiger partial charge on any atom is 0.175 e. The SMILES string of the molecule is CC(CNC(C)c1ccc(S(C)(=O)=O)cc1)Sc1ccccc1. The Morgan fingerprint density at radius 1 is 1.00 bits per heavy atom. The molecule has 2 aromatic carbocycles. The van der Waals surface area contributed by atoms with Crippen LogP contribution in [0, 0.1) is 0 Å². The molecular weight excluding hydrogens is 326 g/mol. The molecule has 5 heteroatoms. The number of rotatable bonds is 7. The second kappa shape index (κ2) is 7.99. The minimum absolute atomic E-state index is 0.183. The molecule has 0 saturated carbocycles. The minimum atomic E-state index is -3.13. The van der Waals surface area contributed by atoms with Crippen LogP contribution in [0.4, 0.5) is 0 Å². The van der Waals surface area contributed by atoms with Crippen LogP contribution in [-0.2, 0) is 9.84 Å². The molecule has 124 valence electrons. The standard InChI is InChI=1S/C18H23NO2S2/c1-14(22-17-7-5-4-6-8-17)13-19-15(2)16-9-11-18(12-10-16)23(3,20)21/h4-12,14-15,19H,13H2,1-3H3. The van der Waals surface area contributed by atoms with Gasteiger partial charge in [-0.25, -0.2) is 8.42 Å². The summed E-state index contributed by atoms with van der Waals surface area (Å²) >= 11 is 1.84. The maximum absolute atomic E-state index is 11.5. The van der Waals surface area contributed by atoms with E-state index in [2.05, 4.69) is 43.4 Å². The Labute approximate surface area is 143 Å². The van der Waals surface area contributed by atoms with Gasteiger partial charge in [0.05, 0.1) is 4.90 Å². The Bertz CT molecular complexity index is 712. The van der Waals surface area contributed by atoms with Crippen LogP contribution in [0.5, 0.6) is 0 Å². The summed E-state index contributed by atoms with van der Waals surface area (Å²) in [6.45, 7) is 5.17. The molecule has 0 bridgehead atoms. The van der Waals surface area contributed by atoms with Crippen molar-refractivity contribution in [2.45, 2.75) is 34.9 Å². The van der Waals surface area contributed by atoms with Crippen molar-refractivity contribution in [3.63, 3.8) is 0 Å². The molecule has 2 unspecified atom stereocenters. The van der Waals surface area contributed by atoms with Gasteiger partial charge in [0.1, 0.15) is 0 Å². The zero-order chi connectivity index (χ0) is 16.9. The molecule has 0 aliphatic heterocycles. The van der Waals surface area contributed by atoms with Crippen molar-refractivity contribution < 1.29 is 8.42 Å². The molecule has 3 nitrogen and oxygen atoms in total. The second-order valence-electron chi connectivity index (χ2n) is 5.71. The van der Waals surface area contributed by atoms with E-state index in [-0.39, 0.29) is 6.04 Å². The normalized spacial score (nSPS) is 14.4. The fourth-order valence-electron chi connectivity index (χ4n) is 2.24. The van der Waals surface area contributed by atoms with Crippen molar-refractivity contribution in [3.8, 4) is 0 Å². The van der Waals surface area contributed by atoms with Gasteiger partial charge in [0.15, 0.2) is 9.84 Å². The topological polar surface area (TPSA) is 46.2 Å². The van der Waals surface area contributed by atoms with Crippen molar-refractivity contribution in [1.29, 1.82) is 0 Å². The third-order valence-corrected chi connectivity index (χ3v) is 5.84. The van der Waals surface area contributed by atoms with Gasteiger partial charge in [0, 0.05) is 29.0 Å². The highest BCUT2D eigenvalue weighted by molar-refractivity contribution is 8.00. The van der Waals surface area contributed by atoms with Crippen LogP contribution in [0.15, 0.2) is 64.4 Å². The lowest BCUT2D eigenvalue weighted by molar-refractivity contribution is 0.575. The molecule has 0 fully saturated rings. The number of sulfone groups is 1.